The topological polar surface area (TPSA) is 57.3 Å². The Labute approximate surface area is 112 Å². The average molecular weight is 272 g/mol. The first-order valence-electron chi connectivity index (χ1n) is 5.82. The largest absolute Gasteiger partial charge is 0.444 e. The third kappa shape index (κ3) is 2.31. The number of nitrogens with zero attached hydrogens (tertiary/aromatic N) is 2. The molecule has 100 valence electrons. The van der Waals surface area contributed by atoms with E-state index in [2.05, 4.69) is 5.10 Å². The fourth-order valence-corrected chi connectivity index (χ4v) is 1.67. The number of rotatable bonds is 3. The lowest BCUT2D eigenvalue weighted by Gasteiger charge is -1.99. The lowest BCUT2D eigenvalue weighted by molar-refractivity contribution is 0.320. The van der Waals surface area contributed by atoms with Gasteiger partial charge in [0.15, 0.2) is 0 Å². The highest BCUT2D eigenvalue weighted by molar-refractivity contribution is 5.31. The van der Waals surface area contributed by atoms with Gasteiger partial charge in [0, 0.05) is 0 Å². The summed E-state index contributed by atoms with van der Waals surface area (Å²) in [6, 6.07) is 14.5. The van der Waals surface area contributed by atoms with Gasteiger partial charge in [-0.1, -0.05) is 35.4 Å². The smallest absolute Gasteiger partial charge is 0.410 e. The normalized spacial score (nSPS) is 10.4. The number of hydrogen-bond acceptors (Lipinski definition) is 4. The van der Waals surface area contributed by atoms with Crippen molar-refractivity contribution in [2.75, 3.05) is 0 Å². The quantitative estimate of drug-likeness (QED) is 0.735. The summed E-state index contributed by atoms with van der Waals surface area (Å²) in [4.78, 5) is 11.7. The summed E-state index contributed by atoms with van der Waals surface area (Å²) in [5.41, 5.74) is 0.00385. The predicted molar refractivity (Wildman–Crippen MR) is 68.6 cm³/mol. The van der Waals surface area contributed by atoms with Crippen LogP contribution in [-0.4, -0.2) is 9.78 Å². The molecule has 0 saturated heterocycles. The molecule has 5 nitrogen and oxygen atoms in total. The minimum Gasteiger partial charge on any atom is -0.410 e. The van der Waals surface area contributed by atoms with Crippen molar-refractivity contribution >= 4 is 0 Å². The number of hydrogen-bond donors (Lipinski definition) is 0. The molecule has 0 unspecified atom stereocenters. The van der Waals surface area contributed by atoms with Crippen LogP contribution in [0.4, 0.5) is 4.39 Å². The van der Waals surface area contributed by atoms with Crippen molar-refractivity contribution in [2.24, 2.45) is 0 Å². The minimum atomic E-state index is -0.818. The maximum atomic E-state index is 13.6. The summed E-state index contributed by atoms with van der Waals surface area (Å²) in [6.45, 7) is 0. The molecule has 0 fully saturated rings. The van der Waals surface area contributed by atoms with Crippen molar-refractivity contribution in [3.63, 3.8) is 0 Å². The lowest BCUT2D eigenvalue weighted by atomic mass is 10.3. The zero-order chi connectivity index (χ0) is 13.9. The van der Waals surface area contributed by atoms with Gasteiger partial charge in [-0.2, -0.15) is 4.68 Å². The fraction of sp³-hybridized carbons (Fsp3) is 0. The van der Waals surface area contributed by atoms with E-state index in [1.54, 1.807) is 30.3 Å². The van der Waals surface area contributed by atoms with Gasteiger partial charge < -0.3 is 9.15 Å². The van der Waals surface area contributed by atoms with Gasteiger partial charge in [0.25, 0.3) is 0 Å². The van der Waals surface area contributed by atoms with Crippen molar-refractivity contribution in [3.05, 3.63) is 71.0 Å². The van der Waals surface area contributed by atoms with Crippen LogP contribution < -0.4 is 10.5 Å². The van der Waals surface area contributed by atoms with Gasteiger partial charge in [-0.05, 0) is 24.3 Å². The molecule has 0 radical (unpaired) electrons. The molecule has 0 aliphatic rings. The molecule has 0 aliphatic carbocycles. The summed E-state index contributed by atoms with van der Waals surface area (Å²) < 4.78 is 24.5. The van der Waals surface area contributed by atoms with Crippen LogP contribution >= 0.6 is 0 Å². The molecule has 0 bridgehead atoms. The number of para-hydroxylation sites is 2. The molecule has 20 heavy (non-hydrogen) atoms. The molecule has 0 spiro atoms. The average Bonchev–Trinajstić information content (AvgIpc) is 2.81. The second-order valence-electron chi connectivity index (χ2n) is 3.91. The van der Waals surface area contributed by atoms with Crippen molar-refractivity contribution in [1.29, 1.82) is 0 Å². The van der Waals surface area contributed by atoms with Gasteiger partial charge in [-0.3, -0.25) is 0 Å². The third-order valence-corrected chi connectivity index (χ3v) is 2.56. The van der Waals surface area contributed by atoms with Gasteiger partial charge in [-0.25, -0.2) is 9.18 Å². The SMILES string of the molecule is O=c1oc(Oc2ccccc2)nn1-c1ccccc1F. The summed E-state index contributed by atoms with van der Waals surface area (Å²) in [7, 11) is 0. The Balaban J connectivity index is 1.96. The van der Waals surface area contributed by atoms with Crippen molar-refractivity contribution in [1.82, 2.24) is 9.78 Å². The van der Waals surface area contributed by atoms with Crippen LogP contribution in [0.25, 0.3) is 5.69 Å². The van der Waals surface area contributed by atoms with E-state index < -0.39 is 11.6 Å². The molecular formula is C14H9FN2O3. The molecule has 1 heterocycles. The van der Waals surface area contributed by atoms with Gasteiger partial charge in [0.1, 0.15) is 17.3 Å². The van der Waals surface area contributed by atoms with E-state index in [0.717, 1.165) is 4.68 Å². The molecular weight excluding hydrogens is 263 g/mol. The third-order valence-electron chi connectivity index (χ3n) is 2.56. The summed E-state index contributed by atoms with van der Waals surface area (Å²) in [5, 5.41) is 3.81. The molecule has 0 N–H and O–H groups in total. The van der Waals surface area contributed by atoms with E-state index in [-0.39, 0.29) is 11.8 Å². The van der Waals surface area contributed by atoms with Gasteiger partial charge in [-0.15, -0.1) is 0 Å². The molecule has 0 saturated carbocycles. The zero-order valence-corrected chi connectivity index (χ0v) is 10.2. The van der Waals surface area contributed by atoms with Crippen LogP contribution in [0.2, 0.25) is 0 Å². The molecule has 6 heteroatoms. The molecule has 0 amide bonds. The van der Waals surface area contributed by atoms with Crippen LogP contribution in [0.5, 0.6) is 11.8 Å². The van der Waals surface area contributed by atoms with E-state index in [9.17, 15) is 9.18 Å². The van der Waals surface area contributed by atoms with Crippen molar-refractivity contribution in [2.45, 2.75) is 0 Å². The minimum absolute atomic E-state index is 0.00385. The second-order valence-corrected chi connectivity index (χ2v) is 3.91. The number of aromatic nitrogens is 2. The van der Waals surface area contributed by atoms with E-state index in [4.69, 9.17) is 9.15 Å². The molecule has 3 aromatic rings. The van der Waals surface area contributed by atoms with Crippen LogP contribution in [0.3, 0.4) is 0 Å². The Kier molecular flexibility index (Phi) is 3.04. The monoisotopic (exact) mass is 272 g/mol. The maximum absolute atomic E-state index is 13.6. The lowest BCUT2D eigenvalue weighted by Crippen LogP contribution is -2.14. The Bertz CT molecular complexity index is 780. The van der Waals surface area contributed by atoms with Gasteiger partial charge >= 0.3 is 11.8 Å². The Hall–Kier alpha value is -2.89. The Morgan fingerprint density at radius 1 is 1.05 bits per heavy atom. The van der Waals surface area contributed by atoms with E-state index in [0.29, 0.717) is 5.75 Å². The highest BCUT2D eigenvalue weighted by Crippen LogP contribution is 2.18. The first-order chi connectivity index (χ1) is 9.74. The number of ether oxygens (including phenoxy) is 1. The standard InChI is InChI=1S/C14H9FN2O3/c15-11-8-4-5-9-12(11)17-14(18)20-13(16-17)19-10-6-2-1-3-7-10/h1-9H. The molecule has 2 aromatic carbocycles. The van der Waals surface area contributed by atoms with Crippen molar-refractivity contribution < 1.29 is 13.5 Å². The van der Waals surface area contributed by atoms with Gasteiger partial charge in [0.05, 0.1) is 0 Å². The van der Waals surface area contributed by atoms with E-state index >= 15 is 0 Å². The summed E-state index contributed by atoms with van der Waals surface area (Å²) in [5.74, 6) is -0.926. The van der Waals surface area contributed by atoms with E-state index in [1.165, 1.54) is 18.2 Å². The Morgan fingerprint density at radius 2 is 1.75 bits per heavy atom. The summed E-state index contributed by atoms with van der Waals surface area (Å²) in [6.07, 6.45) is -0.246. The highest BCUT2D eigenvalue weighted by atomic mass is 19.1. The maximum Gasteiger partial charge on any atom is 0.444 e. The zero-order valence-electron chi connectivity index (χ0n) is 10.2. The first kappa shape index (κ1) is 12.2. The summed E-state index contributed by atoms with van der Waals surface area (Å²) >= 11 is 0. The first-order valence-corrected chi connectivity index (χ1v) is 5.82. The highest BCUT2D eigenvalue weighted by Gasteiger charge is 2.14. The number of halogens is 1. The Morgan fingerprint density at radius 3 is 2.50 bits per heavy atom. The molecule has 1 aromatic heterocycles. The van der Waals surface area contributed by atoms with Crippen LogP contribution in [-0.2, 0) is 0 Å². The van der Waals surface area contributed by atoms with Crippen LogP contribution in [0.1, 0.15) is 0 Å². The number of benzene rings is 2. The van der Waals surface area contributed by atoms with Crippen molar-refractivity contribution in [3.8, 4) is 17.5 Å². The fourth-order valence-electron chi connectivity index (χ4n) is 1.67. The van der Waals surface area contributed by atoms with Gasteiger partial charge in [0.2, 0.25) is 0 Å². The van der Waals surface area contributed by atoms with Crippen LogP contribution in [0, 0.1) is 5.82 Å². The molecule has 0 atom stereocenters. The second kappa shape index (κ2) is 5.00. The van der Waals surface area contributed by atoms with E-state index in [1.807, 2.05) is 6.07 Å². The van der Waals surface area contributed by atoms with Crippen LogP contribution in [0.15, 0.2) is 63.8 Å². The molecule has 0 aliphatic heterocycles. The molecule has 3 rings (SSSR count). The predicted octanol–water partition coefficient (Wildman–Crippen LogP) is 2.76.